The van der Waals surface area contributed by atoms with Crippen molar-refractivity contribution in [3.63, 3.8) is 0 Å². The molecule has 0 aliphatic carbocycles. The van der Waals surface area contributed by atoms with E-state index in [0.717, 1.165) is 5.56 Å². The van der Waals surface area contributed by atoms with Crippen LogP contribution in [0.3, 0.4) is 0 Å². The zero-order valence-corrected chi connectivity index (χ0v) is 14.3. The molecule has 1 aromatic carbocycles. The molecule has 5 nitrogen and oxygen atoms in total. The predicted octanol–water partition coefficient (Wildman–Crippen LogP) is 2.51. The average Bonchev–Trinajstić information content (AvgIpc) is 2.59. The van der Waals surface area contributed by atoms with Gasteiger partial charge < -0.3 is 14.4 Å². The molecule has 0 aliphatic heterocycles. The molecule has 132 valence electrons. The van der Waals surface area contributed by atoms with Crippen molar-refractivity contribution in [1.82, 2.24) is 4.90 Å². The van der Waals surface area contributed by atoms with Gasteiger partial charge >= 0.3 is 5.97 Å². The molecule has 0 saturated heterocycles. The molecule has 0 spiro atoms. The van der Waals surface area contributed by atoms with Gasteiger partial charge in [0.05, 0.1) is 13.0 Å². The van der Waals surface area contributed by atoms with Crippen LogP contribution in [-0.4, -0.2) is 50.7 Å². The topological polar surface area (TPSA) is 55.8 Å². The summed E-state index contributed by atoms with van der Waals surface area (Å²) in [5.41, 5.74) is 0.725. The number of halogens is 1. The van der Waals surface area contributed by atoms with Crippen LogP contribution >= 0.6 is 0 Å². The Labute approximate surface area is 142 Å². The van der Waals surface area contributed by atoms with Gasteiger partial charge in [0, 0.05) is 32.9 Å². The van der Waals surface area contributed by atoms with E-state index < -0.39 is 5.92 Å². The third-order valence-electron chi connectivity index (χ3n) is 3.47. The van der Waals surface area contributed by atoms with Crippen LogP contribution in [0.15, 0.2) is 30.3 Å². The minimum absolute atomic E-state index is 0.216. The SMILES string of the molecule is COCCCN(CC(C)C(=O)OC)C(=O)/C=C/c1ccc(F)cc1. The number of carbonyl (C=O) groups is 2. The van der Waals surface area contributed by atoms with Crippen LogP contribution in [0.2, 0.25) is 0 Å². The molecule has 1 amide bonds. The number of hydrogen-bond acceptors (Lipinski definition) is 4. The second-order valence-electron chi connectivity index (χ2n) is 5.44. The molecule has 1 aromatic rings. The monoisotopic (exact) mass is 337 g/mol. The number of esters is 1. The number of rotatable bonds is 9. The van der Waals surface area contributed by atoms with Gasteiger partial charge in [-0.3, -0.25) is 9.59 Å². The van der Waals surface area contributed by atoms with Gasteiger partial charge in [-0.1, -0.05) is 19.1 Å². The summed E-state index contributed by atoms with van der Waals surface area (Å²) in [6.45, 7) is 2.98. The van der Waals surface area contributed by atoms with Gasteiger partial charge in [0.15, 0.2) is 0 Å². The summed E-state index contributed by atoms with van der Waals surface area (Å²) in [7, 11) is 2.92. The van der Waals surface area contributed by atoms with Gasteiger partial charge in [0.2, 0.25) is 5.91 Å². The maximum atomic E-state index is 12.9. The number of benzene rings is 1. The standard InChI is InChI=1S/C18H24FNO4/c1-14(18(22)24-3)13-20(11-4-12-23-2)17(21)10-7-15-5-8-16(19)9-6-15/h5-10,14H,4,11-13H2,1-3H3/b10-7+. The highest BCUT2D eigenvalue weighted by Gasteiger charge is 2.20. The van der Waals surface area contributed by atoms with E-state index in [1.165, 1.54) is 25.3 Å². The van der Waals surface area contributed by atoms with E-state index in [-0.39, 0.29) is 24.2 Å². The number of ether oxygens (including phenoxy) is 2. The van der Waals surface area contributed by atoms with E-state index in [2.05, 4.69) is 0 Å². The fourth-order valence-electron chi connectivity index (χ4n) is 2.14. The summed E-state index contributed by atoms with van der Waals surface area (Å²) >= 11 is 0. The molecule has 0 radical (unpaired) electrons. The molecule has 1 atom stereocenters. The van der Waals surface area contributed by atoms with Crippen LogP contribution in [-0.2, 0) is 19.1 Å². The highest BCUT2D eigenvalue weighted by molar-refractivity contribution is 5.92. The molecule has 1 unspecified atom stereocenters. The average molecular weight is 337 g/mol. The van der Waals surface area contributed by atoms with Crippen molar-refractivity contribution in [2.45, 2.75) is 13.3 Å². The van der Waals surface area contributed by atoms with Crippen LogP contribution in [0.4, 0.5) is 4.39 Å². The quantitative estimate of drug-likeness (QED) is 0.395. The van der Waals surface area contributed by atoms with Gasteiger partial charge in [0.25, 0.3) is 0 Å². The fraction of sp³-hybridized carbons (Fsp3) is 0.444. The summed E-state index contributed by atoms with van der Waals surface area (Å²) in [5, 5.41) is 0. The van der Waals surface area contributed by atoms with Gasteiger partial charge in [-0.15, -0.1) is 0 Å². The van der Waals surface area contributed by atoms with Crippen molar-refractivity contribution in [1.29, 1.82) is 0 Å². The maximum absolute atomic E-state index is 12.9. The Morgan fingerprint density at radius 2 is 1.92 bits per heavy atom. The molecule has 0 fully saturated rings. The zero-order chi connectivity index (χ0) is 17.9. The Morgan fingerprint density at radius 3 is 2.50 bits per heavy atom. The third kappa shape index (κ3) is 6.91. The van der Waals surface area contributed by atoms with Crippen molar-refractivity contribution in [2.24, 2.45) is 5.92 Å². The first-order valence-electron chi connectivity index (χ1n) is 7.77. The Bertz CT molecular complexity index is 557. The Balaban J connectivity index is 2.74. The van der Waals surface area contributed by atoms with Gasteiger partial charge in [-0.25, -0.2) is 4.39 Å². The lowest BCUT2D eigenvalue weighted by atomic mass is 10.1. The van der Waals surface area contributed by atoms with E-state index in [9.17, 15) is 14.0 Å². The van der Waals surface area contributed by atoms with Crippen molar-refractivity contribution in [2.75, 3.05) is 33.9 Å². The Kier molecular flexibility index (Phi) is 8.71. The summed E-state index contributed by atoms with van der Waals surface area (Å²) in [6, 6.07) is 5.84. The van der Waals surface area contributed by atoms with E-state index in [1.54, 1.807) is 37.1 Å². The van der Waals surface area contributed by atoms with E-state index in [0.29, 0.717) is 19.6 Å². The first-order valence-corrected chi connectivity index (χ1v) is 7.77. The summed E-state index contributed by atoms with van der Waals surface area (Å²) in [6.07, 6.45) is 3.71. The van der Waals surface area contributed by atoms with Crippen molar-refractivity contribution >= 4 is 18.0 Å². The molecular formula is C18H24FNO4. The maximum Gasteiger partial charge on any atom is 0.310 e. The van der Waals surface area contributed by atoms with Crippen LogP contribution in [0.5, 0.6) is 0 Å². The van der Waals surface area contributed by atoms with E-state index in [1.807, 2.05) is 0 Å². The molecule has 0 heterocycles. The fourth-order valence-corrected chi connectivity index (χ4v) is 2.14. The van der Waals surface area contributed by atoms with E-state index in [4.69, 9.17) is 9.47 Å². The minimum Gasteiger partial charge on any atom is -0.469 e. The van der Waals surface area contributed by atoms with Crippen molar-refractivity contribution < 1.29 is 23.5 Å². The van der Waals surface area contributed by atoms with Gasteiger partial charge in [-0.2, -0.15) is 0 Å². The molecule has 0 bridgehead atoms. The number of nitrogens with zero attached hydrogens (tertiary/aromatic N) is 1. The second-order valence-corrected chi connectivity index (χ2v) is 5.44. The van der Waals surface area contributed by atoms with Crippen molar-refractivity contribution in [3.8, 4) is 0 Å². The molecule has 0 N–H and O–H groups in total. The van der Waals surface area contributed by atoms with E-state index >= 15 is 0 Å². The Morgan fingerprint density at radius 1 is 1.25 bits per heavy atom. The molecule has 6 heteroatoms. The van der Waals surface area contributed by atoms with Crippen LogP contribution in [0.25, 0.3) is 6.08 Å². The Hall–Kier alpha value is -2.21. The van der Waals surface area contributed by atoms with Crippen LogP contribution < -0.4 is 0 Å². The lowest BCUT2D eigenvalue weighted by Crippen LogP contribution is -2.37. The lowest BCUT2D eigenvalue weighted by Gasteiger charge is -2.23. The van der Waals surface area contributed by atoms with Gasteiger partial charge in [0.1, 0.15) is 5.82 Å². The highest BCUT2D eigenvalue weighted by atomic mass is 19.1. The third-order valence-corrected chi connectivity index (χ3v) is 3.47. The van der Waals surface area contributed by atoms with Crippen LogP contribution in [0.1, 0.15) is 18.9 Å². The molecular weight excluding hydrogens is 313 g/mol. The normalized spacial score (nSPS) is 12.2. The van der Waals surface area contributed by atoms with Crippen molar-refractivity contribution in [3.05, 3.63) is 41.7 Å². The second kappa shape index (κ2) is 10.5. The largest absolute Gasteiger partial charge is 0.469 e. The summed E-state index contributed by atoms with van der Waals surface area (Å²) in [4.78, 5) is 25.6. The van der Waals surface area contributed by atoms with Gasteiger partial charge in [-0.05, 0) is 30.2 Å². The summed E-state index contributed by atoms with van der Waals surface area (Å²) < 4.78 is 22.6. The predicted molar refractivity (Wildman–Crippen MR) is 89.7 cm³/mol. The first-order chi connectivity index (χ1) is 11.5. The number of amides is 1. The highest BCUT2D eigenvalue weighted by Crippen LogP contribution is 2.08. The number of carbonyl (C=O) groups excluding carboxylic acids is 2. The first kappa shape index (κ1) is 19.8. The van der Waals surface area contributed by atoms with Crippen LogP contribution in [0, 0.1) is 11.7 Å². The molecule has 0 aliphatic rings. The summed E-state index contributed by atoms with van der Waals surface area (Å²) in [5.74, 6) is -1.32. The smallest absolute Gasteiger partial charge is 0.310 e. The molecule has 0 saturated carbocycles. The molecule has 0 aromatic heterocycles. The molecule has 24 heavy (non-hydrogen) atoms. The number of methoxy groups -OCH3 is 2. The lowest BCUT2D eigenvalue weighted by molar-refractivity contribution is -0.146. The minimum atomic E-state index is -0.416. The zero-order valence-electron chi connectivity index (χ0n) is 14.3. The molecule has 1 rings (SSSR count). The number of hydrogen-bond donors (Lipinski definition) is 0.